The maximum Gasteiger partial charge on any atom is 0.262 e. The van der Waals surface area contributed by atoms with Crippen LogP contribution in [0.15, 0.2) is 10.9 Å². The minimum absolute atomic E-state index is 0.0192. The van der Waals surface area contributed by atoms with Gasteiger partial charge in [0.1, 0.15) is 17.2 Å². The molecule has 0 aliphatic heterocycles. The highest BCUT2D eigenvalue weighted by molar-refractivity contribution is 7.18. The lowest BCUT2D eigenvalue weighted by Gasteiger charge is -2.09. The van der Waals surface area contributed by atoms with E-state index in [-0.39, 0.29) is 18.0 Å². The maximum atomic E-state index is 12.5. The third-order valence-corrected chi connectivity index (χ3v) is 4.34. The summed E-state index contributed by atoms with van der Waals surface area (Å²) in [5.41, 5.74) is -0.157. The Morgan fingerprint density at radius 1 is 1.52 bits per heavy atom. The van der Waals surface area contributed by atoms with Crippen LogP contribution in [0.2, 0.25) is 0 Å². The van der Waals surface area contributed by atoms with Crippen LogP contribution in [0.25, 0.3) is 10.2 Å². The van der Waals surface area contributed by atoms with Crippen LogP contribution in [0.4, 0.5) is 0 Å². The van der Waals surface area contributed by atoms with Gasteiger partial charge >= 0.3 is 0 Å². The lowest BCUT2D eigenvalue weighted by Crippen LogP contribution is -2.35. The topological polar surface area (TPSA) is 73.2 Å². The third-order valence-electron chi connectivity index (χ3n) is 3.17. The summed E-state index contributed by atoms with van der Waals surface area (Å²) < 4.78 is 6.28. The Labute approximate surface area is 126 Å². The van der Waals surface area contributed by atoms with Crippen molar-refractivity contribution >= 4 is 27.5 Å². The van der Waals surface area contributed by atoms with Crippen molar-refractivity contribution in [3.8, 4) is 0 Å². The number of methoxy groups -OCH3 is 1. The molecule has 0 saturated heterocycles. The van der Waals surface area contributed by atoms with Crippen molar-refractivity contribution in [1.29, 1.82) is 0 Å². The summed E-state index contributed by atoms with van der Waals surface area (Å²) in [4.78, 5) is 30.6. The van der Waals surface area contributed by atoms with Gasteiger partial charge in [0.2, 0.25) is 5.91 Å². The molecule has 21 heavy (non-hydrogen) atoms. The molecule has 1 N–H and O–H groups in total. The molecule has 6 nitrogen and oxygen atoms in total. The van der Waals surface area contributed by atoms with E-state index < -0.39 is 0 Å². The quantitative estimate of drug-likeness (QED) is 0.811. The predicted octanol–water partition coefficient (Wildman–Crippen LogP) is 1.09. The Hall–Kier alpha value is -1.73. The van der Waals surface area contributed by atoms with Gasteiger partial charge < -0.3 is 10.1 Å². The van der Waals surface area contributed by atoms with E-state index >= 15 is 0 Å². The Morgan fingerprint density at radius 2 is 2.29 bits per heavy atom. The summed E-state index contributed by atoms with van der Waals surface area (Å²) in [5.74, 6) is 0.336. The van der Waals surface area contributed by atoms with Gasteiger partial charge in [0.05, 0.1) is 12.0 Å². The number of ether oxygens (including phenoxy) is 1. The van der Waals surface area contributed by atoms with E-state index in [0.29, 0.717) is 24.4 Å². The molecule has 0 bridgehead atoms. The van der Waals surface area contributed by atoms with Crippen LogP contribution >= 0.6 is 11.3 Å². The SMILES string of the molecule is CCc1cc2c(=O)n(CC(=O)NCCOC)c(C)nc2s1. The fourth-order valence-electron chi connectivity index (χ4n) is 2.02. The molecule has 2 rings (SSSR count). The first kappa shape index (κ1) is 15.7. The van der Waals surface area contributed by atoms with Crippen LogP contribution in [0.5, 0.6) is 0 Å². The van der Waals surface area contributed by atoms with Crippen LogP contribution in [-0.2, 0) is 22.5 Å². The molecule has 0 atom stereocenters. The number of amides is 1. The maximum absolute atomic E-state index is 12.5. The molecular formula is C14H19N3O3S. The number of carbonyl (C=O) groups excluding carboxylic acids is 1. The zero-order valence-corrected chi connectivity index (χ0v) is 13.2. The van der Waals surface area contributed by atoms with Gasteiger partial charge in [-0.05, 0) is 19.4 Å². The molecule has 2 aromatic rings. The van der Waals surface area contributed by atoms with E-state index in [1.54, 1.807) is 14.0 Å². The molecule has 1 amide bonds. The Kier molecular flexibility index (Phi) is 5.08. The second-order valence-corrected chi connectivity index (χ2v) is 5.79. The minimum atomic E-state index is -0.218. The summed E-state index contributed by atoms with van der Waals surface area (Å²) in [6.45, 7) is 4.64. The van der Waals surface area contributed by atoms with Crippen LogP contribution in [-0.4, -0.2) is 35.7 Å². The van der Waals surface area contributed by atoms with E-state index in [1.165, 1.54) is 15.9 Å². The van der Waals surface area contributed by atoms with Crippen molar-refractivity contribution in [1.82, 2.24) is 14.9 Å². The molecule has 0 spiro atoms. The molecule has 0 radical (unpaired) electrons. The molecule has 0 aliphatic carbocycles. The summed E-state index contributed by atoms with van der Waals surface area (Å²) in [5, 5.41) is 3.29. The van der Waals surface area contributed by atoms with E-state index in [9.17, 15) is 9.59 Å². The van der Waals surface area contributed by atoms with Crippen molar-refractivity contribution < 1.29 is 9.53 Å². The number of aryl methyl sites for hydroxylation is 2. The lowest BCUT2D eigenvalue weighted by molar-refractivity contribution is -0.121. The van der Waals surface area contributed by atoms with Crippen molar-refractivity contribution in [2.24, 2.45) is 0 Å². The zero-order chi connectivity index (χ0) is 15.4. The van der Waals surface area contributed by atoms with Crippen LogP contribution in [0, 0.1) is 6.92 Å². The Morgan fingerprint density at radius 3 is 2.95 bits per heavy atom. The van der Waals surface area contributed by atoms with Gasteiger partial charge in [0.25, 0.3) is 5.56 Å². The first-order chi connectivity index (χ1) is 10.1. The summed E-state index contributed by atoms with van der Waals surface area (Å²) in [7, 11) is 1.57. The predicted molar refractivity (Wildman–Crippen MR) is 82.9 cm³/mol. The fourth-order valence-corrected chi connectivity index (χ4v) is 3.02. The first-order valence-electron chi connectivity index (χ1n) is 6.82. The van der Waals surface area contributed by atoms with Gasteiger partial charge in [-0.25, -0.2) is 4.98 Å². The van der Waals surface area contributed by atoms with Gasteiger partial charge in [-0.1, -0.05) is 6.92 Å². The molecule has 2 heterocycles. The number of rotatable bonds is 6. The second-order valence-electron chi connectivity index (χ2n) is 4.68. The molecule has 0 saturated carbocycles. The van der Waals surface area contributed by atoms with Crippen molar-refractivity contribution in [3.63, 3.8) is 0 Å². The van der Waals surface area contributed by atoms with Gasteiger partial charge in [-0.3, -0.25) is 14.2 Å². The average Bonchev–Trinajstić information content (AvgIpc) is 2.87. The van der Waals surface area contributed by atoms with Gasteiger partial charge in [-0.2, -0.15) is 0 Å². The number of nitrogens with one attached hydrogen (secondary N) is 1. The standard InChI is InChI=1S/C14H19N3O3S/c1-4-10-7-11-13(21-10)16-9(2)17(14(11)19)8-12(18)15-5-6-20-3/h7H,4-6,8H2,1-3H3,(H,15,18). The van der Waals surface area contributed by atoms with Crippen molar-refractivity contribution in [2.45, 2.75) is 26.8 Å². The van der Waals surface area contributed by atoms with Crippen LogP contribution < -0.4 is 10.9 Å². The summed E-state index contributed by atoms with van der Waals surface area (Å²) in [6.07, 6.45) is 0.872. The largest absolute Gasteiger partial charge is 0.383 e. The molecule has 2 aromatic heterocycles. The first-order valence-corrected chi connectivity index (χ1v) is 7.64. The molecule has 0 aliphatic rings. The molecule has 0 fully saturated rings. The van der Waals surface area contributed by atoms with E-state index in [4.69, 9.17) is 4.74 Å². The Balaban J connectivity index is 2.27. The Bertz CT molecular complexity index is 705. The highest BCUT2D eigenvalue weighted by Crippen LogP contribution is 2.21. The molecule has 7 heteroatoms. The van der Waals surface area contributed by atoms with Crippen LogP contribution in [0.1, 0.15) is 17.6 Å². The fraction of sp³-hybridized carbons (Fsp3) is 0.500. The molecule has 0 unspecified atom stereocenters. The smallest absolute Gasteiger partial charge is 0.262 e. The number of nitrogens with zero attached hydrogens (tertiary/aromatic N) is 2. The highest BCUT2D eigenvalue weighted by Gasteiger charge is 2.13. The normalized spacial score (nSPS) is 11.0. The van der Waals surface area contributed by atoms with Gasteiger partial charge in [0.15, 0.2) is 0 Å². The number of fused-ring (bicyclic) bond motifs is 1. The number of aromatic nitrogens is 2. The minimum Gasteiger partial charge on any atom is -0.383 e. The van der Waals surface area contributed by atoms with Gasteiger partial charge in [-0.15, -0.1) is 11.3 Å². The number of hydrogen-bond donors (Lipinski definition) is 1. The average molecular weight is 309 g/mol. The zero-order valence-electron chi connectivity index (χ0n) is 12.4. The summed E-state index contributed by atoms with van der Waals surface area (Å²) >= 11 is 1.53. The number of hydrogen-bond acceptors (Lipinski definition) is 5. The van der Waals surface area contributed by atoms with E-state index in [0.717, 1.165) is 16.1 Å². The van der Waals surface area contributed by atoms with Crippen LogP contribution in [0.3, 0.4) is 0 Å². The second kappa shape index (κ2) is 6.82. The van der Waals surface area contributed by atoms with E-state index in [1.807, 2.05) is 13.0 Å². The van der Waals surface area contributed by atoms with Crippen molar-refractivity contribution in [2.75, 3.05) is 20.3 Å². The number of thiophene rings is 1. The molecular weight excluding hydrogens is 290 g/mol. The monoisotopic (exact) mass is 309 g/mol. The molecule has 0 aromatic carbocycles. The lowest BCUT2D eigenvalue weighted by atomic mass is 10.3. The highest BCUT2D eigenvalue weighted by atomic mass is 32.1. The van der Waals surface area contributed by atoms with Crippen molar-refractivity contribution in [3.05, 3.63) is 27.1 Å². The molecule has 114 valence electrons. The van der Waals surface area contributed by atoms with E-state index in [2.05, 4.69) is 10.3 Å². The summed E-state index contributed by atoms with van der Waals surface area (Å²) in [6, 6.07) is 1.87. The number of carbonyl (C=O) groups is 1. The van der Waals surface area contributed by atoms with Gasteiger partial charge in [0, 0.05) is 18.5 Å². The third kappa shape index (κ3) is 3.48.